The van der Waals surface area contributed by atoms with Gasteiger partial charge in [0.25, 0.3) is 0 Å². The molecule has 17 heavy (non-hydrogen) atoms. The number of nitrogens with zero attached hydrogens (tertiary/aromatic N) is 1. The number of ether oxygens (including phenoxy) is 1. The number of likely N-dealkylation sites (N-methyl/N-ethyl adjacent to an activating group) is 1. The molecule has 1 atom stereocenters. The summed E-state index contributed by atoms with van der Waals surface area (Å²) in [6.07, 6.45) is 0.0692. The Morgan fingerprint density at radius 3 is 3.06 bits per heavy atom. The SMILES string of the molecule is CCN1c2cc(Cl)ccc2OC[C@@H]1CC(=O)O. The van der Waals surface area contributed by atoms with E-state index >= 15 is 0 Å². The Kier molecular flexibility index (Phi) is 3.43. The Hall–Kier alpha value is -1.42. The number of carboxylic acids is 1. The van der Waals surface area contributed by atoms with E-state index in [2.05, 4.69) is 0 Å². The maximum absolute atomic E-state index is 10.8. The van der Waals surface area contributed by atoms with Crippen molar-refractivity contribution in [3.8, 4) is 5.75 Å². The minimum atomic E-state index is -0.817. The van der Waals surface area contributed by atoms with Gasteiger partial charge in [0.05, 0.1) is 18.2 Å². The van der Waals surface area contributed by atoms with Crippen molar-refractivity contribution in [1.82, 2.24) is 0 Å². The van der Waals surface area contributed by atoms with Crippen LogP contribution < -0.4 is 9.64 Å². The molecule has 5 heteroatoms. The van der Waals surface area contributed by atoms with Crippen LogP contribution in [0.4, 0.5) is 5.69 Å². The summed E-state index contributed by atoms with van der Waals surface area (Å²) in [5, 5.41) is 9.50. The Labute approximate surface area is 105 Å². The van der Waals surface area contributed by atoms with E-state index in [0.29, 0.717) is 11.6 Å². The third-order valence-corrected chi connectivity index (χ3v) is 3.09. The average Bonchev–Trinajstić information content (AvgIpc) is 2.28. The number of hydrogen-bond donors (Lipinski definition) is 1. The predicted octanol–water partition coefficient (Wildman–Crippen LogP) is 2.40. The van der Waals surface area contributed by atoms with Crippen LogP contribution in [0.5, 0.6) is 5.75 Å². The molecule has 0 saturated carbocycles. The zero-order chi connectivity index (χ0) is 12.4. The third-order valence-electron chi connectivity index (χ3n) is 2.85. The summed E-state index contributed by atoms with van der Waals surface area (Å²) in [4.78, 5) is 12.8. The minimum absolute atomic E-state index is 0.0692. The molecule has 0 amide bonds. The Morgan fingerprint density at radius 1 is 1.65 bits per heavy atom. The minimum Gasteiger partial charge on any atom is -0.489 e. The van der Waals surface area contributed by atoms with Crippen LogP contribution in [0.2, 0.25) is 5.02 Å². The predicted molar refractivity (Wildman–Crippen MR) is 66.0 cm³/mol. The highest BCUT2D eigenvalue weighted by molar-refractivity contribution is 6.31. The second kappa shape index (κ2) is 4.84. The van der Waals surface area contributed by atoms with Crippen molar-refractivity contribution in [1.29, 1.82) is 0 Å². The van der Waals surface area contributed by atoms with Crippen molar-refractivity contribution in [2.24, 2.45) is 0 Å². The normalized spacial score (nSPS) is 18.5. The summed E-state index contributed by atoms with van der Waals surface area (Å²) in [6, 6.07) is 5.26. The van der Waals surface area contributed by atoms with Crippen molar-refractivity contribution in [3.63, 3.8) is 0 Å². The Morgan fingerprint density at radius 2 is 2.41 bits per heavy atom. The number of hydrogen-bond acceptors (Lipinski definition) is 3. The van der Waals surface area contributed by atoms with Gasteiger partial charge in [-0.3, -0.25) is 4.79 Å². The number of carbonyl (C=O) groups is 1. The van der Waals surface area contributed by atoms with Gasteiger partial charge in [0.15, 0.2) is 0 Å². The molecule has 92 valence electrons. The average molecular weight is 256 g/mol. The molecule has 0 fully saturated rings. The van der Waals surface area contributed by atoms with Crippen molar-refractivity contribution < 1.29 is 14.6 Å². The second-order valence-corrected chi connectivity index (χ2v) is 4.40. The van der Waals surface area contributed by atoms with Crippen molar-refractivity contribution in [2.45, 2.75) is 19.4 Å². The van der Waals surface area contributed by atoms with E-state index in [4.69, 9.17) is 21.4 Å². The monoisotopic (exact) mass is 255 g/mol. The molecule has 4 nitrogen and oxygen atoms in total. The molecular weight excluding hydrogens is 242 g/mol. The number of benzene rings is 1. The van der Waals surface area contributed by atoms with Gasteiger partial charge >= 0.3 is 5.97 Å². The van der Waals surface area contributed by atoms with E-state index in [-0.39, 0.29) is 12.5 Å². The summed E-state index contributed by atoms with van der Waals surface area (Å²) < 4.78 is 5.56. The summed E-state index contributed by atoms with van der Waals surface area (Å²) in [5.41, 5.74) is 0.873. The third kappa shape index (κ3) is 2.47. The fourth-order valence-corrected chi connectivity index (χ4v) is 2.28. The number of anilines is 1. The van der Waals surface area contributed by atoms with Crippen molar-refractivity contribution >= 4 is 23.3 Å². The molecule has 1 aliphatic heterocycles. The molecule has 0 unspecified atom stereocenters. The summed E-state index contributed by atoms with van der Waals surface area (Å²) in [7, 11) is 0. The summed E-state index contributed by atoms with van der Waals surface area (Å²) in [6.45, 7) is 3.12. The molecule has 0 radical (unpaired) electrons. The van der Waals surface area contributed by atoms with Crippen LogP contribution in [0.1, 0.15) is 13.3 Å². The quantitative estimate of drug-likeness (QED) is 0.901. The second-order valence-electron chi connectivity index (χ2n) is 3.96. The molecule has 0 aliphatic carbocycles. The molecule has 1 heterocycles. The molecular formula is C12H14ClNO3. The highest BCUT2D eigenvalue weighted by Crippen LogP contribution is 2.36. The molecule has 2 rings (SSSR count). The van der Waals surface area contributed by atoms with Gasteiger partial charge in [0.2, 0.25) is 0 Å². The lowest BCUT2D eigenvalue weighted by Gasteiger charge is -2.37. The van der Waals surface area contributed by atoms with Gasteiger partial charge in [-0.05, 0) is 25.1 Å². The number of rotatable bonds is 3. The first kappa shape index (κ1) is 12.0. The van der Waals surface area contributed by atoms with Gasteiger partial charge in [-0.25, -0.2) is 0 Å². The van der Waals surface area contributed by atoms with Gasteiger partial charge in [0.1, 0.15) is 12.4 Å². The number of halogens is 1. The highest BCUT2D eigenvalue weighted by atomic mass is 35.5. The molecule has 0 bridgehead atoms. The fraction of sp³-hybridized carbons (Fsp3) is 0.417. The molecule has 0 saturated heterocycles. The zero-order valence-corrected chi connectivity index (χ0v) is 10.3. The zero-order valence-electron chi connectivity index (χ0n) is 9.52. The standard InChI is InChI=1S/C12H14ClNO3/c1-2-14-9(6-12(15)16)7-17-11-4-3-8(13)5-10(11)14/h3-5,9H,2,6-7H2,1H3,(H,15,16)/t9-/m0/s1. The van der Waals surface area contributed by atoms with Gasteiger partial charge in [-0.15, -0.1) is 0 Å². The summed E-state index contributed by atoms with van der Waals surface area (Å²) in [5.74, 6) is -0.0552. The largest absolute Gasteiger partial charge is 0.489 e. The lowest BCUT2D eigenvalue weighted by atomic mass is 10.1. The fourth-order valence-electron chi connectivity index (χ4n) is 2.11. The first-order chi connectivity index (χ1) is 8.11. The highest BCUT2D eigenvalue weighted by Gasteiger charge is 2.28. The smallest absolute Gasteiger partial charge is 0.305 e. The molecule has 0 aromatic heterocycles. The number of fused-ring (bicyclic) bond motifs is 1. The molecule has 1 N–H and O–H groups in total. The van der Waals surface area contributed by atoms with Gasteiger partial charge in [-0.2, -0.15) is 0 Å². The van der Waals surface area contributed by atoms with Gasteiger partial charge in [0, 0.05) is 11.6 Å². The maximum atomic E-state index is 10.8. The Bertz CT molecular complexity index is 436. The van der Waals surface area contributed by atoms with Crippen LogP contribution >= 0.6 is 11.6 Å². The van der Waals surface area contributed by atoms with E-state index in [1.807, 2.05) is 24.0 Å². The van der Waals surface area contributed by atoms with Crippen LogP contribution in [0.15, 0.2) is 18.2 Å². The van der Waals surface area contributed by atoms with Crippen LogP contribution in [0, 0.1) is 0 Å². The number of aliphatic carboxylic acids is 1. The van der Waals surface area contributed by atoms with E-state index < -0.39 is 5.97 Å². The van der Waals surface area contributed by atoms with E-state index in [9.17, 15) is 4.79 Å². The first-order valence-electron chi connectivity index (χ1n) is 5.52. The first-order valence-corrected chi connectivity index (χ1v) is 5.90. The van der Waals surface area contributed by atoms with Crippen LogP contribution in [-0.4, -0.2) is 30.3 Å². The van der Waals surface area contributed by atoms with Crippen LogP contribution in [0.25, 0.3) is 0 Å². The molecule has 1 aliphatic rings. The van der Waals surface area contributed by atoms with Crippen molar-refractivity contribution in [3.05, 3.63) is 23.2 Å². The Balaban J connectivity index is 2.31. The van der Waals surface area contributed by atoms with Gasteiger partial charge < -0.3 is 14.7 Å². The molecule has 1 aromatic rings. The lowest BCUT2D eigenvalue weighted by molar-refractivity contribution is -0.137. The van der Waals surface area contributed by atoms with E-state index in [1.54, 1.807) is 6.07 Å². The lowest BCUT2D eigenvalue weighted by Crippen LogP contribution is -2.44. The van der Waals surface area contributed by atoms with Crippen LogP contribution in [0.3, 0.4) is 0 Å². The van der Waals surface area contributed by atoms with E-state index in [1.165, 1.54) is 0 Å². The number of carboxylic acid groups (broad SMARTS) is 1. The molecule has 1 aromatic carbocycles. The summed E-state index contributed by atoms with van der Waals surface area (Å²) >= 11 is 5.95. The van der Waals surface area contributed by atoms with Gasteiger partial charge in [-0.1, -0.05) is 11.6 Å². The van der Waals surface area contributed by atoms with Crippen LogP contribution in [-0.2, 0) is 4.79 Å². The van der Waals surface area contributed by atoms with Crippen molar-refractivity contribution in [2.75, 3.05) is 18.1 Å². The maximum Gasteiger partial charge on any atom is 0.305 e. The molecule has 0 spiro atoms. The topological polar surface area (TPSA) is 49.8 Å². The van der Waals surface area contributed by atoms with E-state index in [0.717, 1.165) is 18.0 Å².